The average Bonchev–Trinajstić information content (AvgIpc) is 2.78. The fourth-order valence-corrected chi connectivity index (χ4v) is 2.78. The zero-order valence-electron chi connectivity index (χ0n) is 12.2. The van der Waals surface area contributed by atoms with Gasteiger partial charge in [-0.15, -0.1) is 0 Å². The molecular formula is C16H20N4. The molecule has 0 fully saturated rings. The third kappa shape index (κ3) is 1.92. The van der Waals surface area contributed by atoms with E-state index in [9.17, 15) is 0 Å². The van der Waals surface area contributed by atoms with Crippen LogP contribution in [0.15, 0.2) is 24.3 Å². The van der Waals surface area contributed by atoms with E-state index in [1.54, 1.807) is 0 Å². The van der Waals surface area contributed by atoms with Crippen LogP contribution in [0.5, 0.6) is 0 Å². The minimum Gasteiger partial charge on any atom is -0.382 e. The zero-order chi connectivity index (χ0) is 14.3. The highest BCUT2D eigenvalue weighted by molar-refractivity contribution is 6.09. The Labute approximate surface area is 118 Å². The maximum absolute atomic E-state index is 6.10. The van der Waals surface area contributed by atoms with Crippen LogP contribution in [-0.2, 0) is 13.0 Å². The van der Waals surface area contributed by atoms with Crippen molar-refractivity contribution in [3.8, 4) is 0 Å². The van der Waals surface area contributed by atoms with Crippen molar-refractivity contribution in [2.45, 2.75) is 33.7 Å². The normalized spacial score (nSPS) is 11.8. The molecule has 1 aromatic carbocycles. The number of aryl methyl sites for hydroxylation is 1. The van der Waals surface area contributed by atoms with Gasteiger partial charge >= 0.3 is 0 Å². The Kier molecular flexibility index (Phi) is 3.08. The molecule has 104 valence electrons. The number of anilines is 1. The first-order valence-corrected chi connectivity index (χ1v) is 7.15. The number of aromatic nitrogens is 3. The number of nitrogens with two attached hydrogens (primary N) is 1. The van der Waals surface area contributed by atoms with Crippen LogP contribution < -0.4 is 5.73 Å². The minimum atomic E-state index is 0.524. The van der Waals surface area contributed by atoms with E-state index in [-0.39, 0.29) is 0 Å². The number of benzene rings is 1. The van der Waals surface area contributed by atoms with Crippen LogP contribution in [0.25, 0.3) is 21.8 Å². The summed E-state index contributed by atoms with van der Waals surface area (Å²) in [5, 5.41) is 6.98. The van der Waals surface area contributed by atoms with Gasteiger partial charge in [0.2, 0.25) is 0 Å². The molecule has 0 amide bonds. The summed E-state index contributed by atoms with van der Waals surface area (Å²) < 4.78 is 2.06. The second-order valence-corrected chi connectivity index (χ2v) is 5.60. The maximum atomic E-state index is 6.10. The lowest BCUT2D eigenvalue weighted by atomic mass is 10.0. The number of para-hydroxylation sites is 1. The molecule has 0 saturated carbocycles. The van der Waals surface area contributed by atoms with E-state index in [0.717, 1.165) is 29.4 Å². The highest BCUT2D eigenvalue weighted by atomic mass is 15.3. The number of nitrogen functional groups attached to an aromatic ring is 1. The molecule has 0 spiro atoms. The SMILES string of the molecule is CCn1nc2c(N)nc3ccccc3c2c1CC(C)C. The molecule has 3 rings (SSSR count). The van der Waals surface area contributed by atoms with E-state index >= 15 is 0 Å². The summed E-state index contributed by atoms with van der Waals surface area (Å²) in [6, 6.07) is 8.15. The van der Waals surface area contributed by atoms with E-state index in [1.807, 2.05) is 18.2 Å². The molecule has 2 aromatic heterocycles. The lowest BCUT2D eigenvalue weighted by Gasteiger charge is -2.09. The number of rotatable bonds is 3. The standard InChI is InChI=1S/C16H20N4/c1-4-20-13(9-10(2)3)14-11-7-5-6-8-12(11)18-16(17)15(14)19-20/h5-8,10H,4,9H2,1-3H3,(H2,17,18). The third-order valence-corrected chi connectivity index (χ3v) is 3.62. The van der Waals surface area contributed by atoms with Crippen molar-refractivity contribution in [2.24, 2.45) is 5.92 Å². The van der Waals surface area contributed by atoms with Gasteiger partial charge in [-0.2, -0.15) is 5.10 Å². The fraction of sp³-hybridized carbons (Fsp3) is 0.375. The van der Waals surface area contributed by atoms with Gasteiger partial charge in [-0.25, -0.2) is 4.98 Å². The van der Waals surface area contributed by atoms with Crippen LogP contribution in [0.4, 0.5) is 5.82 Å². The quantitative estimate of drug-likeness (QED) is 0.792. The molecule has 0 unspecified atom stereocenters. The van der Waals surface area contributed by atoms with Gasteiger partial charge in [0.1, 0.15) is 5.52 Å². The number of hydrogen-bond donors (Lipinski definition) is 1. The van der Waals surface area contributed by atoms with Crippen molar-refractivity contribution in [1.82, 2.24) is 14.8 Å². The summed E-state index contributed by atoms with van der Waals surface area (Å²) >= 11 is 0. The van der Waals surface area contributed by atoms with Crippen LogP contribution in [-0.4, -0.2) is 14.8 Å². The van der Waals surface area contributed by atoms with Gasteiger partial charge < -0.3 is 5.73 Å². The fourth-order valence-electron chi connectivity index (χ4n) is 2.78. The topological polar surface area (TPSA) is 56.7 Å². The van der Waals surface area contributed by atoms with E-state index in [4.69, 9.17) is 5.73 Å². The van der Waals surface area contributed by atoms with Gasteiger partial charge in [0.25, 0.3) is 0 Å². The molecule has 0 bridgehead atoms. The number of hydrogen-bond acceptors (Lipinski definition) is 3. The van der Waals surface area contributed by atoms with Crippen molar-refractivity contribution >= 4 is 27.6 Å². The van der Waals surface area contributed by atoms with Crippen molar-refractivity contribution in [1.29, 1.82) is 0 Å². The molecule has 0 aliphatic carbocycles. The molecule has 0 saturated heterocycles. The highest BCUT2D eigenvalue weighted by Crippen LogP contribution is 2.31. The van der Waals surface area contributed by atoms with Crippen molar-refractivity contribution < 1.29 is 0 Å². The number of fused-ring (bicyclic) bond motifs is 3. The van der Waals surface area contributed by atoms with E-state index in [1.165, 1.54) is 11.1 Å². The summed E-state index contributed by atoms with van der Waals surface area (Å²) in [6.45, 7) is 7.42. The predicted octanol–water partition coefficient (Wildman–Crippen LogP) is 3.39. The summed E-state index contributed by atoms with van der Waals surface area (Å²) in [5.41, 5.74) is 9.15. The molecule has 2 N–H and O–H groups in total. The average molecular weight is 268 g/mol. The monoisotopic (exact) mass is 268 g/mol. The second kappa shape index (κ2) is 4.78. The smallest absolute Gasteiger partial charge is 0.152 e. The van der Waals surface area contributed by atoms with Crippen LogP contribution in [0.3, 0.4) is 0 Å². The zero-order valence-corrected chi connectivity index (χ0v) is 12.2. The summed E-state index contributed by atoms with van der Waals surface area (Å²) in [5.74, 6) is 1.10. The van der Waals surface area contributed by atoms with Crippen LogP contribution in [0.1, 0.15) is 26.5 Å². The third-order valence-electron chi connectivity index (χ3n) is 3.62. The molecule has 0 radical (unpaired) electrons. The van der Waals surface area contributed by atoms with Gasteiger partial charge in [0.15, 0.2) is 5.82 Å². The van der Waals surface area contributed by atoms with Crippen molar-refractivity contribution in [2.75, 3.05) is 5.73 Å². The number of pyridine rings is 1. The highest BCUT2D eigenvalue weighted by Gasteiger charge is 2.17. The first-order chi connectivity index (χ1) is 9.61. The molecule has 20 heavy (non-hydrogen) atoms. The van der Waals surface area contributed by atoms with E-state index in [2.05, 4.69) is 41.6 Å². The molecule has 3 aromatic rings. The van der Waals surface area contributed by atoms with Gasteiger partial charge in [0, 0.05) is 23.0 Å². The molecule has 4 nitrogen and oxygen atoms in total. The van der Waals surface area contributed by atoms with Crippen molar-refractivity contribution in [3.63, 3.8) is 0 Å². The lowest BCUT2D eigenvalue weighted by molar-refractivity contribution is 0.568. The predicted molar refractivity (Wildman–Crippen MR) is 83.7 cm³/mol. The van der Waals surface area contributed by atoms with Crippen LogP contribution in [0.2, 0.25) is 0 Å². The van der Waals surface area contributed by atoms with E-state index < -0.39 is 0 Å². The Morgan fingerprint density at radius 2 is 2.00 bits per heavy atom. The molecule has 4 heteroatoms. The molecule has 0 aliphatic heterocycles. The maximum Gasteiger partial charge on any atom is 0.152 e. The summed E-state index contributed by atoms with van der Waals surface area (Å²) in [6.07, 6.45) is 0.998. The van der Waals surface area contributed by atoms with E-state index in [0.29, 0.717) is 11.7 Å². The molecular weight excluding hydrogens is 248 g/mol. The van der Waals surface area contributed by atoms with Gasteiger partial charge in [-0.1, -0.05) is 32.0 Å². The van der Waals surface area contributed by atoms with Crippen LogP contribution in [0, 0.1) is 5.92 Å². The number of nitrogens with zero attached hydrogens (tertiary/aromatic N) is 3. The Morgan fingerprint density at radius 3 is 2.70 bits per heavy atom. The lowest BCUT2D eigenvalue weighted by Crippen LogP contribution is -2.05. The summed E-state index contributed by atoms with van der Waals surface area (Å²) in [4.78, 5) is 4.47. The van der Waals surface area contributed by atoms with Gasteiger partial charge in [0.05, 0.1) is 5.52 Å². The first kappa shape index (κ1) is 12.9. The van der Waals surface area contributed by atoms with Crippen LogP contribution >= 0.6 is 0 Å². The minimum absolute atomic E-state index is 0.524. The Hall–Kier alpha value is -2.10. The Morgan fingerprint density at radius 1 is 1.25 bits per heavy atom. The molecule has 2 heterocycles. The van der Waals surface area contributed by atoms with Gasteiger partial charge in [-0.05, 0) is 25.3 Å². The molecule has 0 atom stereocenters. The Bertz CT molecular complexity index is 771. The molecule has 0 aliphatic rings. The second-order valence-electron chi connectivity index (χ2n) is 5.60. The largest absolute Gasteiger partial charge is 0.382 e. The Balaban J connectivity index is 2.44. The van der Waals surface area contributed by atoms with Gasteiger partial charge in [-0.3, -0.25) is 4.68 Å². The first-order valence-electron chi connectivity index (χ1n) is 7.15. The van der Waals surface area contributed by atoms with Crippen molar-refractivity contribution in [3.05, 3.63) is 30.0 Å². The summed E-state index contributed by atoms with van der Waals surface area (Å²) in [7, 11) is 0.